The molecule has 0 bridgehead atoms. The van der Waals surface area contributed by atoms with Crippen LogP contribution in [-0.2, 0) is 4.79 Å². The summed E-state index contributed by atoms with van der Waals surface area (Å²) in [5, 5.41) is 3.08. The Bertz CT molecular complexity index is 190. The highest BCUT2D eigenvalue weighted by molar-refractivity contribution is 5.78. The molecule has 0 heterocycles. The van der Waals surface area contributed by atoms with Gasteiger partial charge in [0.05, 0.1) is 0 Å². The molecule has 3 nitrogen and oxygen atoms in total. The van der Waals surface area contributed by atoms with Gasteiger partial charge < -0.3 is 11.1 Å². The van der Waals surface area contributed by atoms with Crippen LogP contribution >= 0.6 is 0 Å². The largest absolute Gasteiger partial charge is 0.353 e. The molecule has 0 aromatic rings. The molecule has 15 heavy (non-hydrogen) atoms. The van der Waals surface area contributed by atoms with Crippen LogP contribution in [0, 0.1) is 17.8 Å². The SMILES string of the molecule is CC(C)C(CCN)NC(=O)C(C)C(C)C. The Kier molecular flexibility index (Phi) is 6.57. The first-order valence-electron chi connectivity index (χ1n) is 5.90. The third-order valence-electron chi connectivity index (χ3n) is 3.02. The topological polar surface area (TPSA) is 55.1 Å². The summed E-state index contributed by atoms with van der Waals surface area (Å²) in [6.07, 6.45) is 0.855. The van der Waals surface area contributed by atoms with E-state index in [9.17, 15) is 4.79 Å². The predicted molar refractivity (Wildman–Crippen MR) is 64.4 cm³/mol. The average molecular weight is 214 g/mol. The highest BCUT2D eigenvalue weighted by atomic mass is 16.1. The standard InChI is InChI=1S/C12H26N2O/c1-8(2)10(5)12(15)14-11(6-7-13)9(3)4/h8-11H,6-7,13H2,1-5H3,(H,14,15). The van der Waals surface area contributed by atoms with Crippen LogP contribution in [0.1, 0.15) is 41.0 Å². The van der Waals surface area contributed by atoms with Gasteiger partial charge in [-0.25, -0.2) is 0 Å². The first kappa shape index (κ1) is 14.4. The fourth-order valence-corrected chi connectivity index (χ4v) is 1.37. The molecule has 2 atom stereocenters. The van der Waals surface area contributed by atoms with E-state index >= 15 is 0 Å². The van der Waals surface area contributed by atoms with Crippen molar-refractivity contribution in [3.8, 4) is 0 Å². The van der Waals surface area contributed by atoms with E-state index in [1.807, 2.05) is 6.92 Å². The Morgan fingerprint density at radius 3 is 2.00 bits per heavy atom. The monoisotopic (exact) mass is 214 g/mol. The summed E-state index contributed by atoms with van der Waals surface area (Å²) in [5.41, 5.74) is 5.53. The Hall–Kier alpha value is -0.570. The maximum absolute atomic E-state index is 11.8. The van der Waals surface area contributed by atoms with E-state index in [1.165, 1.54) is 0 Å². The fraction of sp³-hybridized carbons (Fsp3) is 0.917. The molecule has 0 spiro atoms. The molecule has 0 radical (unpaired) electrons. The van der Waals surface area contributed by atoms with Crippen molar-refractivity contribution in [1.82, 2.24) is 5.32 Å². The molecule has 0 aliphatic carbocycles. The van der Waals surface area contributed by atoms with Crippen molar-refractivity contribution >= 4 is 5.91 Å². The number of carbonyl (C=O) groups is 1. The molecule has 0 saturated heterocycles. The van der Waals surface area contributed by atoms with Crippen LogP contribution in [0.25, 0.3) is 0 Å². The summed E-state index contributed by atoms with van der Waals surface area (Å²) in [5.74, 6) is 1.05. The van der Waals surface area contributed by atoms with E-state index in [0.717, 1.165) is 6.42 Å². The van der Waals surface area contributed by atoms with E-state index in [2.05, 4.69) is 33.0 Å². The van der Waals surface area contributed by atoms with Crippen molar-refractivity contribution in [1.29, 1.82) is 0 Å². The summed E-state index contributed by atoms with van der Waals surface area (Å²) in [7, 11) is 0. The lowest BCUT2D eigenvalue weighted by atomic mass is 9.95. The molecule has 0 aliphatic rings. The second-order valence-electron chi connectivity index (χ2n) is 4.97. The van der Waals surface area contributed by atoms with Crippen molar-refractivity contribution in [3.63, 3.8) is 0 Å². The maximum Gasteiger partial charge on any atom is 0.223 e. The first-order chi connectivity index (χ1) is 6.90. The number of nitrogens with two attached hydrogens (primary N) is 1. The molecule has 0 aliphatic heterocycles. The summed E-state index contributed by atoms with van der Waals surface area (Å²) < 4.78 is 0. The van der Waals surface area contributed by atoms with E-state index in [-0.39, 0.29) is 17.9 Å². The molecule has 3 heteroatoms. The van der Waals surface area contributed by atoms with Crippen LogP contribution in [0.2, 0.25) is 0 Å². The third-order valence-corrected chi connectivity index (χ3v) is 3.02. The molecule has 3 N–H and O–H groups in total. The minimum absolute atomic E-state index is 0.0732. The molecule has 1 amide bonds. The lowest BCUT2D eigenvalue weighted by molar-refractivity contribution is -0.126. The lowest BCUT2D eigenvalue weighted by Crippen LogP contribution is -2.43. The van der Waals surface area contributed by atoms with Crippen molar-refractivity contribution in [2.45, 2.75) is 47.1 Å². The quantitative estimate of drug-likeness (QED) is 0.708. The zero-order valence-corrected chi connectivity index (χ0v) is 10.7. The fourth-order valence-electron chi connectivity index (χ4n) is 1.37. The second kappa shape index (κ2) is 6.83. The zero-order chi connectivity index (χ0) is 12.0. The molecular formula is C12H26N2O. The van der Waals surface area contributed by atoms with E-state index in [4.69, 9.17) is 5.73 Å². The minimum atomic E-state index is 0.0732. The van der Waals surface area contributed by atoms with Gasteiger partial charge >= 0.3 is 0 Å². The van der Waals surface area contributed by atoms with Crippen LogP contribution in [0.5, 0.6) is 0 Å². The van der Waals surface area contributed by atoms with Crippen molar-refractivity contribution in [2.24, 2.45) is 23.5 Å². The summed E-state index contributed by atoms with van der Waals surface area (Å²) >= 11 is 0. The number of hydrogen-bond donors (Lipinski definition) is 2. The van der Waals surface area contributed by atoms with Gasteiger partial charge in [-0.05, 0) is 24.8 Å². The van der Waals surface area contributed by atoms with E-state index in [1.54, 1.807) is 0 Å². The third kappa shape index (κ3) is 5.17. The van der Waals surface area contributed by atoms with Gasteiger partial charge in [0.25, 0.3) is 0 Å². The van der Waals surface area contributed by atoms with Gasteiger partial charge in [0, 0.05) is 12.0 Å². The molecule has 0 aromatic carbocycles. The normalized spacial score (nSPS) is 15.5. The molecule has 2 unspecified atom stereocenters. The Balaban J connectivity index is 4.22. The Morgan fingerprint density at radius 2 is 1.67 bits per heavy atom. The predicted octanol–water partition coefficient (Wildman–Crippen LogP) is 1.77. The molecule has 0 saturated carbocycles. The Morgan fingerprint density at radius 1 is 1.13 bits per heavy atom. The van der Waals surface area contributed by atoms with Crippen molar-refractivity contribution in [2.75, 3.05) is 6.54 Å². The van der Waals surface area contributed by atoms with Crippen LogP contribution in [0.4, 0.5) is 0 Å². The highest BCUT2D eigenvalue weighted by Crippen LogP contribution is 2.12. The van der Waals surface area contributed by atoms with Gasteiger partial charge in [0.1, 0.15) is 0 Å². The van der Waals surface area contributed by atoms with Gasteiger partial charge in [0.2, 0.25) is 5.91 Å². The van der Waals surface area contributed by atoms with Crippen molar-refractivity contribution < 1.29 is 4.79 Å². The molecular weight excluding hydrogens is 188 g/mol. The molecule has 90 valence electrons. The molecule has 0 fully saturated rings. The number of amides is 1. The highest BCUT2D eigenvalue weighted by Gasteiger charge is 2.21. The van der Waals surface area contributed by atoms with Crippen LogP contribution in [0.3, 0.4) is 0 Å². The van der Waals surface area contributed by atoms with Crippen LogP contribution in [0.15, 0.2) is 0 Å². The average Bonchev–Trinajstić information content (AvgIpc) is 2.15. The summed E-state index contributed by atoms with van der Waals surface area (Å²) in [6, 6.07) is 0.212. The number of rotatable bonds is 6. The Labute approximate surface area is 93.8 Å². The van der Waals surface area contributed by atoms with Gasteiger partial charge in [-0.2, -0.15) is 0 Å². The van der Waals surface area contributed by atoms with Gasteiger partial charge in [-0.15, -0.1) is 0 Å². The lowest BCUT2D eigenvalue weighted by Gasteiger charge is -2.25. The second-order valence-corrected chi connectivity index (χ2v) is 4.97. The van der Waals surface area contributed by atoms with E-state index < -0.39 is 0 Å². The molecule has 0 rings (SSSR count). The van der Waals surface area contributed by atoms with Gasteiger partial charge in [-0.3, -0.25) is 4.79 Å². The van der Waals surface area contributed by atoms with Gasteiger partial charge in [-0.1, -0.05) is 34.6 Å². The first-order valence-corrected chi connectivity index (χ1v) is 5.90. The minimum Gasteiger partial charge on any atom is -0.353 e. The summed E-state index contributed by atoms with van der Waals surface area (Å²) in [4.78, 5) is 11.8. The maximum atomic E-state index is 11.8. The smallest absolute Gasteiger partial charge is 0.223 e. The zero-order valence-electron chi connectivity index (χ0n) is 10.7. The number of carbonyl (C=O) groups excluding carboxylic acids is 1. The van der Waals surface area contributed by atoms with Crippen LogP contribution in [-0.4, -0.2) is 18.5 Å². The number of hydrogen-bond acceptors (Lipinski definition) is 2. The van der Waals surface area contributed by atoms with Crippen molar-refractivity contribution in [3.05, 3.63) is 0 Å². The number of nitrogens with one attached hydrogen (secondary N) is 1. The molecule has 0 aromatic heterocycles. The van der Waals surface area contributed by atoms with E-state index in [0.29, 0.717) is 18.4 Å². The summed E-state index contributed by atoms with van der Waals surface area (Å²) in [6.45, 7) is 11.0. The van der Waals surface area contributed by atoms with Crippen LogP contribution < -0.4 is 11.1 Å². The van der Waals surface area contributed by atoms with Gasteiger partial charge in [0.15, 0.2) is 0 Å².